The minimum Gasteiger partial charge on any atom is -0.396 e. The molecular weight excluding hydrogens is 361 g/mol. The molecule has 1 aromatic carbocycles. The van der Waals surface area contributed by atoms with E-state index >= 15 is 0 Å². The van der Waals surface area contributed by atoms with E-state index < -0.39 is 9.84 Å². The number of hydrogen-bond acceptors (Lipinski definition) is 4. The van der Waals surface area contributed by atoms with Crippen molar-refractivity contribution in [3.05, 3.63) is 34.7 Å². The fraction of sp³-hybridized carbons (Fsp3) is 0.308. The average molecular weight is 376 g/mol. The molecule has 21 heavy (non-hydrogen) atoms. The van der Waals surface area contributed by atoms with Gasteiger partial charge in [0, 0.05) is 17.5 Å². The van der Waals surface area contributed by atoms with Gasteiger partial charge in [0.15, 0.2) is 9.84 Å². The third kappa shape index (κ3) is 3.82. The lowest BCUT2D eigenvalue weighted by atomic mass is 10.1. The van der Waals surface area contributed by atoms with E-state index in [2.05, 4.69) is 21.0 Å². The topological polar surface area (TPSA) is 78.0 Å². The van der Waals surface area contributed by atoms with E-state index in [0.29, 0.717) is 21.4 Å². The van der Waals surface area contributed by atoms with Crippen LogP contribution in [0.4, 0.5) is 10.1 Å². The Bertz CT molecular complexity index is 759. The maximum atomic E-state index is 13.2. The van der Waals surface area contributed by atoms with Gasteiger partial charge in [-0.05, 0) is 34.1 Å². The highest BCUT2D eigenvalue weighted by molar-refractivity contribution is 9.10. The summed E-state index contributed by atoms with van der Waals surface area (Å²) < 4.78 is 38.1. The monoisotopic (exact) mass is 375 g/mol. The Hall–Kier alpha value is -1.41. The number of sulfone groups is 1. The van der Waals surface area contributed by atoms with Gasteiger partial charge in [-0.2, -0.15) is 5.10 Å². The molecule has 0 atom stereocenters. The first-order valence-electron chi connectivity index (χ1n) is 6.31. The number of aromatic nitrogens is 2. The highest BCUT2D eigenvalue weighted by Gasteiger charge is 2.13. The Morgan fingerprint density at radius 1 is 1.43 bits per heavy atom. The van der Waals surface area contributed by atoms with E-state index in [-0.39, 0.29) is 23.9 Å². The maximum Gasteiger partial charge on any atom is 0.151 e. The SMILES string of the molecule is CCS(=O)(=O)CCn1cc(N)c(-c2ccc(F)c(Br)c2)n1. The number of benzene rings is 1. The summed E-state index contributed by atoms with van der Waals surface area (Å²) in [6, 6.07) is 4.48. The van der Waals surface area contributed by atoms with Crippen molar-refractivity contribution in [1.29, 1.82) is 0 Å². The lowest BCUT2D eigenvalue weighted by Crippen LogP contribution is -2.14. The van der Waals surface area contributed by atoms with Crippen LogP contribution in [0.25, 0.3) is 11.3 Å². The Kier molecular flexibility index (Phi) is 4.67. The standard InChI is InChI=1S/C13H15BrFN3O2S/c1-2-21(19,20)6-5-18-8-12(16)13(17-18)9-3-4-11(15)10(14)7-9/h3-4,7-8H,2,5-6,16H2,1H3. The second kappa shape index (κ2) is 6.15. The summed E-state index contributed by atoms with van der Waals surface area (Å²) in [5.74, 6) is -0.260. The number of nitrogen functional groups attached to an aromatic ring is 1. The zero-order chi connectivity index (χ0) is 15.6. The predicted octanol–water partition coefficient (Wildman–Crippen LogP) is 2.47. The van der Waals surface area contributed by atoms with Crippen LogP contribution in [0.2, 0.25) is 0 Å². The summed E-state index contributed by atoms with van der Waals surface area (Å²) in [4.78, 5) is 0. The van der Waals surface area contributed by atoms with Gasteiger partial charge in [0.05, 0.1) is 22.5 Å². The largest absolute Gasteiger partial charge is 0.396 e. The molecule has 2 aromatic rings. The van der Waals surface area contributed by atoms with Gasteiger partial charge in [-0.3, -0.25) is 4.68 Å². The van der Waals surface area contributed by atoms with Crippen LogP contribution in [0.15, 0.2) is 28.9 Å². The molecule has 1 heterocycles. The molecule has 0 bridgehead atoms. The first-order valence-corrected chi connectivity index (χ1v) is 8.92. The first-order chi connectivity index (χ1) is 9.82. The average Bonchev–Trinajstić information content (AvgIpc) is 2.81. The van der Waals surface area contributed by atoms with E-state index in [1.54, 1.807) is 25.3 Å². The minimum atomic E-state index is -3.06. The molecule has 0 aliphatic rings. The van der Waals surface area contributed by atoms with Crippen molar-refractivity contribution in [2.45, 2.75) is 13.5 Å². The molecule has 0 aliphatic carbocycles. The molecule has 0 saturated heterocycles. The Morgan fingerprint density at radius 2 is 2.14 bits per heavy atom. The quantitative estimate of drug-likeness (QED) is 0.870. The Labute approximate surface area is 131 Å². The molecule has 5 nitrogen and oxygen atoms in total. The number of aryl methyl sites for hydroxylation is 1. The van der Waals surface area contributed by atoms with Crippen LogP contribution < -0.4 is 5.73 Å². The van der Waals surface area contributed by atoms with Gasteiger partial charge in [-0.1, -0.05) is 6.92 Å². The van der Waals surface area contributed by atoms with Gasteiger partial charge in [-0.25, -0.2) is 12.8 Å². The lowest BCUT2D eigenvalue weighted by Gasteiger charge is -2.02. The molecule has 0 radical (unpaired) electrons. The molecule has 1 aromatic heterocycles. The smallest absolute Gasteiger partial charge is 0.151 e. The third-order valence-corrected chi connectivity index (χ3v) is 5.35. The van der Waals surface area contributed by atoms with Gasteiger partial charge in [0.1, 0.15) is 11.5 Å². The second-order valence-electron chi connectivity index (χ2n) is 4.56. The molecule has 114 valence electrons. The van der Waals surface area contributed by atoms with Crippen molar-refractivity contribution >= 4 is 31.5 Å². The van der Waals surface area contributed by atoms with E-state index in [0.717, 1.165) is 0 Å². The fourth-order valence-electron chi connectivity index (χ4n) is 1.80. The summed E-state index contributed by atoms with van der Waals surface area (Å²) in [7, 11) is -3.06. The van der Waals surface area contributed by atoms with Crippen LogP contribution in [0.3, 0.4) is 0 Å². The minimum absolute atomic E-state index is 0.0111. The number of rotatable bonds is 5. The van der Waals surface area contributed by atoms with Gasteiger partial charge in [0.2, 0.25) is 0 Å². The predicted molar refractivity (Wildman–Crippen MR) is 84.1 cm³/mol. The van der Waals surface area contributed by atoms with Crippen molar-refractivity contribution in [3.63, 3.8) is 0 Å². The van der Waals surface area contributed by atoms with Crippen molar-refractivity contribution in [1.82, 2.24) is 9.78 Å². The Balaban J connectivity index is 2.25. The first kappa shape index (κ1) is 16.0. The third-order valence-electron chi connectivity index (χ3n) is 3.05. The number of hydrogen-bond donors (Lipinski definition) is 1. The van der Waals surface area contributed by atoms with Crippen LogP contribution in [0, 0.1) is 5.82 Å². The zero-order valence-electron chi connectivity index (χ0n) is 11.4. The maximum absolute atomic E-state index is 13.2. The fourth-order valence-corrected chi connectivity index (χ4v) is 2.93. The van der Waals surface area contributed by atoms with Crippen LogP contribution in [-0.2, 0) is 16.4 Å². The summed E-state index contributed by atoms with van der Waals surface area (Å²) in [5, 5.41) is 4.27. The number of nitrogens with zero attached hydrogens (tertiary/aromatic N) is 2. The molecule has 8 heteroatoms. The molecule has 2 N–H and O–H groups in total. The molecule has 0 spiro atoms. The van der Waals surface area contributed by atoms with Crippen molar-refractivity contribution in [2.24, 2.45) is 0 Å². The molecule has 0 saturated carbocycles. The zero-order valence-corrected chi connectivity index (χ0v) is 13.8. The van der Waals surface area contributed by atoms with Gasteiger partial charge in [-0.15, -0.1) is 0 Å². The summed E-state index contributed by atoms with van der Waals surface area (Å²) >= 11 is 3.11. The number of halogens is 2. The normalized spacial score (nSPS) is 11.8. The van der Waals surface area contributed by atoms with E-state index in [1.807, 2.05) is 0 Å². The van der Waals surface area contributed by atoms with Crippen LogP contribution in [-0.4, -0.2) is 29.7 Å². The summed E-state index contributed by atoms with van der Waals surface area (Å²) in [6.07, 6.45) is 1.58. The van der Waals surface area contributed by atoms with Crippen molar-refractivity contribution in [2.75, 3.05) is 17.2 Å². The highest BCUT2D eigenvalue weighted by atomic mass is 79.9. The number of anilines is 1. The lowest BCUT2D eigenvalue weighted by molar-refractivity contribution is 0.582. The molecule has 0 aliphatic heterocycles. The van der Waals surface area contributed by atoms with E-state index in [9.17, 15) is 12.8 Å². The van der Waals surface area contributed by atoms with Crippen molar-refractivity contribution in [3.8, 4) is 11.3 Å². The van der Waals surface area contributed by atoms with Gasteiger partial charge < -0.3 is 5.73 Å². The van der Waals surface area contributed by atoms with Gasteiger partial charge in [0.25, 0.3) is 0 Å². The molecule has 0 unspecified atom stereocenters. The molecule has 2 rings (SSSR count). The van der Waals surface area contributed by atoms with E-state index in [4.69, 9.17) is 5.73 Å². The summed E-state index contributed by atoms with van der Waals surface area (Å²) in [6.45, 7) is 1.84. The second-order valence-corrected chi connectivity index (χ2v) is 7.89. The van der Waals surface area contributed by atoms with Crippen LogP contribution in [0.5, 0.6) is 0 Å². The molecule has 0 amide bonds. The number of nitrogens with two attached hydrogens (primary N) is 1. The van der Waals surface area contributed by atoms with Crippen LogP contribution >= 0.6 is 15.9 Å². The Morgan fingerprint density at radius 3 is 2.76 bits per heavy atom. The van der Waals surface area contributed by atoms with Gasteiger partial charge >= 0.3 is 0 Å². The molecule has 0 fully saturated rings. The van der Waals surface area contributed by atoms with Crippen molar-refractivity contribution < 1.29 is 12.8 Å². The van der Waals surface area contributed by atoms with Crippen LogP contribution in [0.1, 0.15) is 6.92 Å². The molecular formula is C13H15BrFN3O2S. The summed E-state index contributed by atoms with van der Waals surface area (Å²) in [5.41, 5.74) is 7.48. The highest BCUT2D eigenvalue weighted by Crippen LogP contribution is 2.28. The van der Waals surface area contributed by atoms with E-state index in [1.165, 1.54) is 10.7 Å².